The Hall–Kier alpha value is -3.16. The largest absolute Gasteiger partial charge is 0.299 e. The third-order valence-corrected chi connectivity index (χ3v) is 6.00. The second kappa shape index (κ2) is 8.30. The van der Waals surface area contributed by atoms with E-state index in [1.807, 2.05) is 41.9 Å². The number of carbonyl (C=O) groups excluding carboxylic acids is 1. The minimum atomic E-state index is -0.268. The molecule has 1 N–H and O–H groups in total. The van der Waals surface area contributed by atoms with Gasteiger partial charge in [0.15, 0.2) is 5.13 Å². The fraction of sp³-hybridized carbons (Fsp3) is 0.217. The second-order valence-electron chi connectivity index (χ2n) is 7.40. The van der Waals surface area contributed by atoms with Crippen molar-refractivity contribution < 1.29 is 4.79 Å². The minimum Gasteiger partial charge on any atom is -0.299 e. The third-order valence-electron chi connectivity index (χ3n) is 5.31. The molecular formula is C23H21N5OS. The molecule has 30 heavy (non-hydrogen) atoms. The van der Waals surface area contributed by atoms with Crippen molar-refractivity contribution in [3.63, 3.8) is 0 Å². The van der Waals surface area contributed by atoms with Crippen LogP contribution in [0.15, 0.2) is 60.2 Å². The molecule has 1 saturated heterocycles. The van der Waals surface area contributed by atoms with Crippen molar-refractivity contribution >= 4 is 33.3 Å². The maximum absolute atomic E-state index is 12.6. The Kier molecular flexibility index (Phi) is 5.21. The Labute approximate surface area is 178 Å². The smallest absolute Gasteiger partial charge is 0.276 e. The fourth-order valence-corrected chi connectivity index (χ4v) is 4.33. The summed E-state index contributed by atoms with van der Waals surface area (Å²) in [7, 11) is 0. The fourth-order valence-electron chi connectivity index (χ4n) is 3.80. The lowest BCUT2D eigenvalue weighted by atomic mass is 10.1. The van der Waals surface area contributed by atoms with Gasteiger partial charge in [0, 0.05) is 35.3 Å². The maximum Gasteiger partial charge on any atom is 0.276 e. The highest BCUT2D eigenvalue weighted by Crippen LogP contribution is 2.27. The van der Waals surface area contributed by atoms with Crippen molar-refractivity contribution in [1.29, 1.82) is 0 Å². The van der Waals surface area contributed by atoms with Gasteiger partial charge in [-0.05, 0) is 43.6 Å². The van der Waals surface area contributed by atoms with E-state index in [0.717, 1.165) is 28.7 Å². The molecule has 0 spiro atoms. The molecule has 4 aromatic rings. The number of anilines is 1. The summed E-state index contributed by atoms with van der Waals surface area (Å²) >= 11 is 1.38. The maximum atomic E-state index is 12.6. The highest BCUT2D eigenvalue weighted by molar-refractivity contribution is 7.13. The summed E-state index contributed by atoms with van der Waals surface area (Å²) in [6.07, 6.45) is 6.17. The van der Waals surface area contributed by atoms with Crippen molar-refractivity contribution in [2.45, 2.75) is 19.4 Å². The topological polar surface area (TPSA) is 71.0 Å². The van der Waals surface area contributed by atoms with Gasteiger partial charge < -0.3 is 0 Å². The van der Waals surface area contributed by atoms with E-state index in [1.165, 1.54) is 42.8 Å². The van der Waals surface area contributed by atoms with Crippen LogP contribution in [-0.4, -0.2) is 38.8 Å². The molecule has 0 aliphatic carbocycles. The summed E-state index contributed by atoms with van der Waals surface area (Å²) in [5.41, 5.74) is 4.12. The highest BCUT2D eigenvalue weighted by Gasteiger charge is 2.14. The first-order chi connectivity index (χ1) is 14.8. The Bertz CT molecular complexity index is 1170. The monoisotopic (exact) mass is 415 g/mol. The Morgan fingerprint density at radius 2 is 1.97 bits per heavy atom. The Morgan fingerprint density at radius 3 is 2.73 bits per heavy atom. The molecule has 3 aromatic heterocycles. The number of para-hydroxylation sites is 1. The summed E-state index contributed by atoms with van der Waals surface area (Å²) in [4.78, 5) is 28.5. The van der Waals surface area contributed by atoms with Gasteiger partial charge in [0.05, 0.1) is 11.2 Å². The van der Waals surface area contributed by atoms with E-state index in [2.05, 4.69) is 26.3 Å². The molecule has 0 radical (unpaired) electrons. The van der Waals surface area contributed by atoms with E-state index in [0.29, 0.717) is 10.8 Å². The molecule has 1 amide bonds. The van der Waals surface area contributed by atoms with E-state index in [4.69, 9.17) is 4.98 Å². The van der Waals surface area contributed by atoms with Gasteiger partial charge >= 0.3 is 0 Å². The number of hydrogen-bond acceptors (Lipinski definition) is 6. The first-order valence-corrected chi connectivity index (χ1v) is 10.9. The number of amides is 1. The molecule has 0 saturated carbocycles. The number of carbonyl (C=O) groups is 1. The number of hydrogen-bond donors (Lipinski definition) is 1. The average Bonchev–Trinajstić information content (AvgIpc) is 3.48. The number of pyridine rings is 2. The van der Waals surface area contributed by atoms with Crippen LogP contribution in [0, 0.1) is 0 Å². The quantitative estimate of drug-likeness (QED) is 0.516. The van der Waals surface area contributed by atoms with Gasteiger partial charge in [-0.25, -0.2) is 9.97 Å². The highest BCUT2D eigenvalue weighted by atomic mass is 32.1. The van der Waals surface area contributed by atoms with Crippen LogP contribution in [0.4, 0.5) is 5.13 Å². The zero-order valence-electron chi connectivity index (χ0n) is 16.4. The first-order valence-electron chi connectivity index (χ1n) is 10.0. The molecule has 1 aliphatic heterocycles. The molecule has 6 nitrogen and oxygen atoms in total. The predicted molar refractivity (Wildman–Crippen MR) is 120 cm³/mol. The number of aromatic nitrogens is 3. The third kappa shape index (κ3) is 3.94. The van der Waals surface area contributed by atoms with E-state index in [-0.39, 0.29) is 5.91 Å². The first kappa shape index (κ1) is 18.8. The molecule has 0 unspecified atom stereocenters. The lowest BCUT2D eigenvalue weighted by molar-refractivity contribution is 0.102. The predicted octanol–water partition coefficient (Wildman–Crippen LogP) is 4.60. The zero-order chi connectivity index (χ0) is 20.3. The van der Waals surface area contributed by atoms with Gasteiger partial charge in [-0.2, -0.15) is 0 Å². The average molecular weight is 416 g/mol. The lowest BCUT2D eigenvalue weighted by Crippen LogP contribution is -2.18. The van der Waals surface area contributed by atoms with Gasteiger partial charge in [0.2, 0.25) is 0 Å². The molecule has 7 heteroatoms. The van der Waals surface area contributed by atoms with Gasteiger partial charge in [-0.1, -0.05) is 30.3 Å². The molecule has 4 heterocycles. The number of thiazole rings is 1. The lowest BCUT2D eigenvalue weighted by Gasteiger charge is -2.14. The minimum absolute atomic E-state index is 0.268. The molecule has 1 aromatic carbocycles. The molecular weight excluding hydrogens is 394 g/mol. The Morgan fingerprint density at radius 1 is 1.07 bits per heavy atom. The van der Waals surface area contributed by atoms with Gasteiger partial charge in [-0.15, -0.1) is 11.3 Å². The number of rotatable bonds is 5. The normalized spacial score (nSPS) is 14.3. The molecule has 0 bridgehead atoms. The number of nitrogens with one attached hydrogen (secondary N) is 1. The van der Waals surface area contributed by atoms with Crippen molar-refractivity contribution in [2.75, 3.05) is 18.4 Å². The number of nitrogens with zero attached hydrogens (tertiary/aromatic N) is 4. The molecule has 150 valence electrons. The van der Waals surface area contributed by atoms with E-state index >= 15 is 0 Å². The van der Waals surface area contributed by atoms with E-state index < -0.39 is 0 Å². The van der Waals surface area contributed by atoms with Crippen LogP contribution < -0.4 is 5.32 Å². The van der Waals surface area contributed by atoms with E-state index in [9.17, 15) is 4.79 Å². The summed E-state index contributed by atoms with van der Waals surface area (Å²) < 4.78 is 0. The SMILES string of the molecule is O=C(Nc1nccs1)c1ccc2cccc(-c3ccc(CN4CCCC4)cn3)c2n1. The van der Waals surface area contributed by atoms with Crippen molar-refractivity contribution in [2.24, 2.45) is 0 Å². The van der Waals surface area contributed by atoms with Crippen molar-refractivity contribution in [3.05, 3.63) is 71.5 Å². The summed E-state index contributed by atoms with van der Waals surface area (Å²) in [5.74, 6) is -0.268. The zero-order valence-corrected chi connectivity index (χ0v) is 17.2. The number of benzene rings is 1. The molecule has 1 fully saturated rings. The van der Waals surface area contributed by atoms with E-state index in [1.54, 1.807) is 12.3 Å². The van der Waals surface area contributed by atoms with Gasteiger partial charge in [-0.3, -0.25) is 20.0 Å². The van der Waals surface area contributed by atoms with Crippen LogP contribution in [-0.2, 0) is 6.54 Å². The van der Waals surface area contributed by atoms with Crippen LogP contribution in [0.2, 0.25) is 0 Å². The summed E-state index contributed by atoms with van der Waals surface area (Å²) in [6, 6.07) is 13.8. The molecule has 1 aliphatic rings. The molecule has 5 rings (SSSR count). The number of fused-ring (bicyclic) bond motifs is 1. The standard InChI is InChI=1S/C23H21N5OS/c29-22(27-23-24-10-13-30-23)20-9-7-17-4-3-5-18(21(17)26-20)19-8-6-16(14-25-19)15-28-11-1-2-12-28/h3-10,13-14H,1-2,11-12,15H2,(H,24,27,29). The van der Waals surface area contributed by atoms with Crippen LogP contribution >= 0.6 is 11.3 Å². The summed E-state index contributed by atoms with van der Waals surface area (Å²) in [6.45, 7) is 3.28. The Balaban J connectivity index is 1.44. The van der Waals surface area contributed by atoms with Gasteiger partial charge in [0.1, 0.15) is 5.69 Å². The van der Waals surface area contributed by atoms with Gasteiger partial charge in [0.25, 0.3) is 5.91 Å². The van der Waals surface area contributed by atoms with Crippen molar-refractivity contribution in [1.82, 2.24) is 19.9 Å². The van der Waals surface area contributed by atoms with Crippen LogP contribution in [0.1, 0.15) is 28.9 Å². The van der Waals surface area contributed by atoms with Crippen LogP contribution in [0.3, 0.4) is 0 Å². The van der Waals surface area contributed by atoms with Crippen molar-refractivity contribution in [3.8, 4) is 11.3 Å². The second-order valence-corrected chi connectivity index (χ2v) is 8.29. The summed E-state index contributed by atoms with van der Waals surface area (Å²) in [5, 5.41) is 6.14. The van der Waals surface area contributed by atoms with Crippen LogP contribution in [0.25, 0.3) is 22.2 Å². The molecule has 0 atom stereocenters. The van der Waals surface area contributed by atoms with Crippen LogP contribution in [0.5, 0.6) is 0 Å². The number of likely N-dealkylation sites (tertiary alicyclic amines) is 1.